The number of rotatable bonds is 3. The molecule has 1 fully saturated rings. The fourth-order valence-corrected chi connectivity index (χ4v) is 2.91. The van der Waals surface area contributed by atoms with Crippen LogP contribution in [0, 0.1) is 0 Å². The fraction of sp³-hybridized carbons (Fsp3) is 0.118. The van der Waals surface area contributed by atoms with Crippen molar-refractivity contribution in [1.29, 1.82) is 0 Å². The van der Waals surface area contributed by atoms with Gasteiger partial charge in [-0.2, -0.15) is 5.10 Å². The Kier molecular flexibility index (Phi) is 4.81. The van der Waals surface area contributed by atoms with Gasteiger partial charge in [0.15, 0.2) is 5.17 Å². The van der Waals surface area contributed by atoms with Crippen LogP contribution < -0.4 is 0 Å². The molecule has 1 aromatic carbocycles. The van der Waals surface area contributed by atoms with Crippen molar-refractivity contribution in [2.24, 2.45) is 10.2 Å². The molecule has 1 aliphatic rings. The highest BCUT2D eigenvalue weighted by atomic mass is 32.2. The summed E-state index contributed by atoms with van der Waals surface area (Å²) in [6.45, 7) is 1.81. The minimum atomic E-state index is -0.388. The zero-order chi connectivity index (χ0) is 16.9. The number of imide groups is 1. The van der Waals surface area contributed by atoms with Crippen molar-refractivity contribution in [3.8, 4) is 0 Å². The zero-order valence-electron chi connectivity index (χ0n) is 12.9. The van der Waals surface area contributed by atoms with E-state index in [4.69, 9.17) is 0 Å². The van der Waals surface area contributed by atoms with Gasteiger partial charge in [0, 0.05) is 23.5 Å². The second-order valence-electron chi connectivity index (χ2n) is 4.99. The Labute approximate surface area is 143 Å². The predicted molar refractivity (Wildman–Crippen MR) is 94.0 cm³/mol. The van der Waals surface area contributed by atoms with Crippen LogP contribution >= 0.6 is 11.8 Å². The maximum absolute atomic E-state index is 12.5. The van der Waals surface area contributed by atoms with Crippen LogP contribution in [0.1, 0.15) is 22.8 Å². The van der Waals surface area contributed by atoms with Gasteiger partial charge in [-0.15, -0.1) is 5.10 Å². The molecule has 2 aromatic rings. The van der Waals surface area contributed by atoms with Gasteiger partial charge in [0.2, 0.25) is 5.91 Å². The number of nitrogens with zero attached hydrogens (tertiary/aromatic N) is 4. The number of benzene rings is 1. The molecule has 1 saturated heterocycles. The maximum Gasteiger partial charge on any atom is 0.266 e. The molecule has 6 nitrogen and oxygen atoms in total. The van der Waals surface area contributed by atoms with Gasteiger partial charge in [0.25, 0.3) is 5.91 Å². The molecule has 0 N–H and O–H groups in total. The Morgan fingerprint density at radius 3 is 2.54 bits per heavy atom. The van der Waals surface area contributed by atoms with Crippen LogP contribution in [0.5, 0.6) is 0 Å². The van der Waals surface area contributed by atoms with Crippen LogP contribution in [-0.4, -0.2) is 38.3 Å². The second-order valence-corrected chi connectivity index (χ2v) is 5.94. The first-order valence-electron chi connectivity index (χ1n) is 7.24. The maximum atomic E-state index is 12.5. The molecule has 0 radical (unpaired) electrons. The number of carbonyl (C=O) groups is 2. The Morgan fingerprint density at radius 1 is 1.12 bits per heavy atom. The largest absolute Gasteiger partial charge is 0.273 e. The van der Waals surface area contributed by atoms with Crippen molar-refractivity contribution in [1.82, 2.24) is 9.88 Å². The lowest BCUT2D eigenvalue weighted by Crippen LogP contribution is -2.35. The van der Waals surface area contributed by atoms with E-state index in [0.717, 1.165) is 10.5 Å². The van der Waals surface area contributed by atoms with Crippen molar-refractivity contribution in [3.05, 3.63) is 66.0 Å². The molecule has 2 heterocycles. The van der Waals surface area contributed by atoms with E-state index in [2.05, 4.69) is 15.2 Å². The average molecular weight is 338 g/mol. The third-order valence-corrected chi connectivity index (χ3v) is 4.29. The van der Waals surface area contributed by atoms with Crippen LogP contribution in [0.3, 0.4) is 0 Å². The van der Waals surface area contributed by atoms with Crippen LogP contribution in [0.4, 0.5) is 0 Å². The monoisotopic (exact) mass is 338 g/mol. The Morgan fingerprint density at radius 2 is 1.83 bits per heavy atom. The zero-order valence-corrected chi connectivity index (χ0v) is 13.7. The topological polar surface area (TPSA) is 75.0 Å². The number of hydrogen-bond acceptors (Lipinski definition) is 6. The Hall–Kier alpha value is -2.80. The van der Waals surface area contributed by atoms with Crippen molar-refractivity contribution < 1.29 is 9.59 Å². The molecule has 24 heavy (non-hydrogen) atoms. The van der Waals surface area contributed by atoms with E-state index in [0.29, 0.717) is 16.4 Å². The molecule has 0 saturated carbocycles. The number of carbonyl (C=O) groups excluding carboxylic acids is 2. The number of aromatic nitrogens is 1. The number of thioether (sulfide) groups is 1. The molecule has 1 aliphatic heterocycles. The SMILES string of the molecule is C/C(=N/N=C1/SCC(=O)N1C(=O)c1ccccc1)c1ccncc1. The standard InChI is InChI=1S/C17H14N4O2S/c1-12(13-7-9-18-10-8-13)19-20-17-21(15(22)11-24-17)16(23)14-5-3-2-4-6-14/h2-10H,11H2,1H3/b19-12-,20-17+. The highest BCUT2D eigenvalue weighted by Gasteiger charge is 2.34. The van der Waals surface area contributed by atoms with Crippen molar-refractivity contribution in [2.75, 3.05) is 5.75 Å². The molecular weight excluding hydrogens is 324 g/mol. The van der Waals surface area contributed by atoms with E-state index >= 15 is 0 Å². The molecule has 0 atom stereocenters. The summed E-state index contributed by atoms with van der Waals surface area (Å²) in [5.74, 6) is -0.494. The summed E-state index contributed by atoms with van der Waals surface area (Å²) in [7, 11) is 0. The summed E-state index contributed by atoms with van der Waals surface area (Å²) in [6, 6.07) is 12.3. The van der Waals surface area contributed by atoms with Crippen LogP contribution in [0.15, 0.2) is 65.1 Å². The molecule has 120 valence electrons. The van der Waals surface area contributed by atoms with E-state index in [-0.39, 0.29) is 17.6 Å². The van der Waals surface area contributed by atoms with Crippen molar-refractivity contribution in [3.63, 3.8) is 0 Å². The lowest BCUT2D eigenvalue weighted by molar-refractivity contribution is -0.122. The number of hydrogen-bond donors (Lipinski definition) is 0. The molecule has 3 rings (SSSR count). The lowest BCUT2D eigenvalue weighted by atomic mass is 10.2. The third-order valence-electron chi connectivity index (χ3n) is 3.37. The molecule has 7 heteroatoms. The summed E-state index contributed by atoms with van der Waals surface area (Å²) in [5.41, 5.74) is 2.00. The van der Waals surface area contributed by atoms with Crippen molar-refractivity contribution in [2.45, 2.75) is 6.92 Å². The fourth-order valence-electron chi connectivity index (χ4n) is 2.11. The number of amides is 2. The van der Waals surface area contributed by atoms with E-state index in [1.54, 1.807) is 36.7 Å². The molecule has 0 unspecified atom stereocenters. The molecule has 0 spiro atoms. The molecule has 0 aliphatic carbocycles. The van der Waals surface area contributed by atoms with Gasteiger partial charge in [-0.25, -0.2) is 4.90 Å². The first-order chi connectivity index (χ1) is 11.7. The summed E-state index contributed by atoms with van der Waals surface area (Å²) in [6.07, 6.45) is 3.33. The number of pyridine rings is 1. The van der Waals surface area contributed by atoms with Gasteiger partial charge in [-0.1, -0.05) is 30.0 Å². The third kappa shape index (κ3) is 3.41. The number of amidine groups is 1. The van der Waals surface area contributed by atoms with Crippen LogP contribution in [0.25, 0.3) is 0 Å². The van der Waals surface area contributed by atoms with E-state index in [1.807, 2.05) is 25.1 Å². The van der Waals surface area contributed by atoms with E-state index in [9.17, 15) is 9.59 Å². The minimum Gasteiger partial charge on any atom is -0.273 e. The molecule has 0 bridgehead atoms. The van der Waals surface area contributed by atoms with Crippen LogP contribution in [-0.2, 0) is 4.79 Å². The molecule has 2 amide bonds. The van der Waals surface area contributed by atoms with Crippen molar-refractivity contribution >= 4 is 34.5 Å². The summed E-state index contributed by atoms with van der Waals surface area (Å²) < 4.78 is 0. The van der Waals surface area contributed by atoms with Crippen LogP contribution in [0.2, 0.25) is 0 Å². The van der Waals surface area contributed by atoms with Gasteiger partial charge in [-0.05, 0) is 31.2 Å². The lowest BCUT2D eigenvalue weighted by Gasteiger charge is -2.13. The quantitative estimate of drug-likeness (QED) is 0.490. The highest BCUT2D eigenvalue weighted by Crippen LogP contribution is 2.22. The first kappa shape index (κ1) is 16.1. The van der Waals surface area contributed by atoms with Gasteiger partial charge in [0.05, 0.1) is 11.5 Å². The van der Waals surface area contributed by atoms with Gasteiger partial charge < -0.3 is 0 Å². The van der Waals surface area contributed by atoms with Gasteiger partial charge in [-0.3, -0.25) is 14.6 Å². The second kappa shape index (κ2) is 7.18. The minimum absolute atomic E-state index is 0.182. The smallest absolute Gasteiger partial charge is 0.266 e. The van der Waals surface area contributed by atoms with E-state index < -0.39 is 0 Å². The Balaban J connectivity index is 1.87. The predicted octanol–water partition coefficient (Wildman–Crippen LogP) is 2.58. The average Bonchev–Trinajstić information content (AvgIpc) is 3.01. The molecular formula is C17H14N4O2S. The molecule has 1 aromatic heterocycles. The van der Waals surface area contributed by atoms with E-state index in [1.165, 1.54) is 11.8 Å². The summed E-state index contributed by atoms with van der Waals surface area (Å²) in [5, 5.41) is 8.55. The summed E-state index contributed by atoms with van der Waals surface area (Å²) in [4.78, 5) is 29.6. The Bertz CT molecular complexity index is 819. The normalized spacial score (nSPS) is 16.7. The highest BCUT2D eigenvalue weighted by molar-refractivity contribution is 8.15. The summed E-state index contributed by atoms with van der Waals surface area (Å²) >= 11 is 1.20. The first-order valence-corrected chi connectivity index (χ1v) is 8.23. The van der Waals surface area contributed by atoms with Gasteiger partial charge >= 0.3 is 0 Å². The van der Waals surface area contributed by atoms with Gasteiger partial charge in [0.1, 0.15) is 0 Å².